The van der Waals surface area contributed by atoms with Gasteiger partial charge in [-0.05, 0) is 59.7 Å². The Balaban J connectivity index is 0.000000293. The number of benzene rings is 4. The zero-order valence-electron chi connectivity index (χ0n) is 24.9. The van der Waals surface area contributed by atoms with Gasteiger partial charge in [-0.15, -0.1) is 0 Å². The first-order valence-corrected chi connectivity index (χ1v) is 14.7. The molecule has 0 aliphatic rings. The predicted molar refractivity (Wildman–Crippen MR) is 194 cm³/mol. The van der Waals surface area contributed by atoms with E-state index >= 15 is 0 Å². The zero-order valence-corrected chi connectivity index (χ0v) is 30.4. The molecule has 4 aromatic carbocycles. The van der Waals surface area contributed by atoms with Crippen LogP contribution in [0.2, 0.25) is 0 Å². The van der Waals surface area contributed by atoms with Crippen LogP contribution in [-0.2, 0) is 21.1 Å². The predicted octanol–water partition coefficient (Wildman–Crippen LogP) is 7.79. The molecule has 0 saturated heterocycles. The van der Waals surface area contributed by atoms with Crippen LogP contribution in [0.4, 0.5) is 11.4 Å². The minimum atomic E-state index is 0. The summed E-state index contributed by atoms with van der Waals surface area (Å²) in [5, 5.41) is 0. The van der Waals surface area contributed by atoms with E-state index in [1.807, 2.05) is 135 Å². The number of para-hydroxylation sites is 2. The second kappa shape index (κ2) is 17.4. The van der Waals surface area contributed by atoms with Gasteiger partial charge in [-0.1, -0.05) is 97.4 Å². The molecule has 0 atom stereocenters. The fourth-order valence-corrected chi connectivity index (χ4v) is 5.06. The summed E-state index contributed by atoms with van der Waals surface area (Å²) >= 11 is 22.1. The van der Waals surface area contributed by atoms with E-state index in [0.717, 1.165) is 45.1 Å². The van der Waals surface area contributed by atoms with Gasteiger partial charge in [0.1, 0.15) is 11.5 Å². The molecule has 226 valence electrons. The fraction of sp³-hybridized carbons (Fsp3) is 0.176. The maximum atomic E-state index is 5.53. The average molecular weight is 826 g/mol. The van der Waals surface area contributed by atoms with Gasteiger partial charge in [-0.25, -0.2) is 0 Å². The van der Waals surface area contributed by atoms with Crippen LogP contribution in [-0.4, -0.2) is 61.9 Å². The molecule has 0 amide bonds. The van der Waals surface area contributed by atoms with Crippen LogP contribution in [0.25, 0.3) is 0 Å². The van der Waals surface area contributed by atoms with E-state index < -0.39 is 0 Å². The molecular weight excluding hydrogens is 792 g/mol. The summed E-state index contributed by atoms with van der Waals surface area (Å²) in [6.07, 6.45) is 0. The van der Waals surface area contributed by atoms with Crippen molar-refractivity contribution in [1.29, 1.82) is 0 Å². The number of thiocarbonyl (C=S) groups is 4. The van der Waals surface area contributed by atoms with Crippen LogP contribution >= 0.6 is 48.9 Å². The molecule has 0 aromatic heterocycles. The van der Waals surface area contributed by atoms with Crippen LogP contribution in [0.1, 0.15) is 22.3 Å². The van der Waals surface area contributed by atoms with E-state index in [2.05, 4.69) is 0 Å². The third-order valence-electron chi connectivity index (χ3n) is 6.41. The largest absolute Gasteiger partial charge is 0.496 e. The first-order valence-electron chi connectivity index (χ1n) is 13.1. The number of nitrogens with zero attached hydrogens (tertiary/aromatic N) is 2. The SMILES string of the molecule is COc1ccccc1C(=S)C(=S)c1ccc(N(C)C)cc1.COc1ccccc1C(=S)C(=S)c1ccc(N(C)C)cc1.[Pt]. The van der Waals surface area contributed by atoms with Crippen molar-refractivity contribution in [2.75, 3.05) is 52.2 Å². The van der Waals surface area contributed by atoms with E-state index in [9.17, 15) is 0 Å². The van der Waals surface area contributed by atoms with E-state index in [4.69, 9.17) is 58.3 Å². The third kappa shape index (κ3) is 9.56. The Morgan fingerprint density at radius 2 is 0.767 bits per heavy atom. The summed E-state index contributed by atoms with van der Waals surface area (Å²) in [6, 6.07) is 31.5. The minimum Gasteiger partial charge on any atom is -0.496 e. The van der Waals surface area contributed by atoms with E-state index in [0.29, 0.717) is 19.5 Å². The molecule has 0 heterocycles. The Kier molecular flexibility index (Phi) is 14.7. The Labute approximate surface area is 291 Å². The Morgan fingerprint density at radius 1 is 0.465 bits per heavy atom. The van der Waals surface area contributed by atoms with Crippen molar-refractivity contribution in [2.45, 2.75) is 0 Å². The maximum absolute atomic E-state index is 5.53. The maximum Gasteiger partial charge on any atom is 0.127 e. The van der Waals surface area contributed by atoms with Gasteiger partial charge in [0.15, 0.2) is 0 Å². The van der Waals surface area contributed by atoms with Crippen molar-refractivity contribution in [1.82, 2.24) is 0 Å². The van der Waals surface area contributed by atoms with Crippen molar-refractivity contribution in [3.63, 3.8) is 0 Å². The number of anilines is 2. The summed E-state index contributed by atoms with van der Waals surface area (Å²) in [5.74, 6) is 1.49. The number of hydrogen-bond donors (Lipinski definition) is 0. The van der Waals surface area contributed by atoms with Crippen LogP contribution in [0.15, 0.2) is 97.1 Å². The molecule has 0 bridgehead atoms. The van der Waals surface area contributed by atoms with Crippen molar-refractivity contribution < 1.29 is 30.5 Å². The van der Waals surface area contributed by atoms with Gasteiger partial charge in [-0.2, -0.15) is 0 Å². The van der Waals surface area contributed by atoms with Crippen LogP contribution in [0.3, 0.4) is 0 Å². The molecule has 0 aliphatic carbocycles. The van der Waals surface area contributed by atoms with Gasteiger partial charge >= 0.3 is 0 Å². The zero-order chi connectivity index (χ0) is 30.8. The monoisotopic (exact) mass is 825 g/mol. The molecule has 43 heavy (non-hydrogen) atoms. The van der Waals surface area contributed by atoms with Gasteiger partial charge in [0.2, 0.25) is 0 Å². The second-order valence-corrected chi connectivity index (χ2v) is 11.2. The van der Waals surface area contributed by atoms with Crippen molar-refractivity contribution in [3.05, 3.63) is 119 Å². The molecule has 0 radical (unpaired) electrons. The number of methoxy groups -OCH3 is 2. The number of ether oxygens (including phenoxy) is 2. The Hall–Kier alpha value is -2.87. The quantitative estimate of drug-likeness (QED) is 0.118. The summed E-state index contributed by atoms with van der Waals surface area (Å²) < 4.78 is 10.7. The van der Waals surface area contributed by atoms with Gasteiger partial charge in [0, 0.05) is 71.8 Å². The van der Waals surface area contributed by atoms with Gasteiger partial charge in [0.25, 0.3) is 0 Å². The molecule has 0 spiro atoms. The van der Waals surface area contributed by atoms with Crippen molar-refractivity contribution in [3.8, 4) is 11.5 Å². The first-order chi connectivity index (χ1) is 20.1. The number of hydrogen-bond acceptors (Lipinski definition) is 8. The normalized spacial score (nSPS) is 9.81. The van der Waals surface area contributed by atoms with Crippen LogP contribution < -0.4 is 19.3 Å². The third-order valence-corrected chi connectivity index (χ3v) is 8.39. The van der Waals surface area contributed by atoms with Gasteiger partial charge in [0.05, 0.1) is 33.7 Å². The molecule has 0 fully saturated rings. The molecule has 4 rings (SSSR count). The molecule has 0 aliphatic heterocycles. The molecular formula is C34H34N2O2PtS4. The topological polar surface area (TPSA) is 24.9 Å². The molecule has 4 nitrogen and oxygen atoms in total. The molecule has 4 aromatic rings. The molecule has 9 heteroatoms. The van der Waals surface area contributed by atoms with E-state index in [-0.39, 0.29) is 21.1 Å². The average Bonchev–Trinajstić information content (AvgIpc) is 3.03. The Bertz CT molecular complexity index is 1450. The summed E-state index contributed by atoms with van der Waals surface area (Å²) in [4.78, 5) is 6.70. The van der Waals surface area contributed by atoms with Crippen molar-refractivity contribution >= 4 is 79.7 Å². The van der Waals surface area contributed by atoms with Gasteiger partial charge in [-0.3, -0.25) is 0 Å². The van der Waals surface area contributed by atoms with Crippen molar-refractivity contribution in [2.24, 2.45) is 0 Å². The minimum absolute atomic E-state index is 0. The fourth-order valence-electron chi connectivity index (χ4n) is 3.99. The second-order valence-electron chi connectivity index (χ2n) is 9.60. The van der Waals surface area contributed by atoms with E-state index in [1.54, 1.807) is 14.2 Å². The smallest absolute Gasteiger partial charge is 0.127 e. The molecule has 0 unspecified atom stereocenters. The first kappa shape index (κ1) is 36.3. The number of rotatable bonds is 10. The summed E-state index contributed by atoms with van der Waals surface area (Å²) in [6.45, 7) is 0. The van der Waals surface area contributed by atoms with Crippen LogP contribution in [0.5, 0.6) is 11.5 Å². The van der Waals surface area contributed by atoms with Crippen LogP contribution in [0, 0.1) is 0 Å². The van der Waals surface area contributed by atoms with Gasteiger partial charge < -0.3 is 19.3 Å². The summed E-state index contributed by atoms with van der Waals surface area (Å²) in [5.41, 5.74) is 5.88. The molecule has 0 saturated carbocycles. The standard InChI is InChI=1S/2C17H17NOS2.Pt/c2*1-18(2)13-10-8-12(9-11-13)16(20)17(21)14-6-4-5-7-15(14)19-3;/h2*4-11H,1-3H3;. The molecule has 0 N–H and O–H groups in total. The summed E-state index contributed by atoms with van der Waals surface area (Å²) in [7, 11) is 11.3. The Morgan fingerprint density at radius 3 is 1.05 bits per heavy atom. The van der Waals surface area contributed by atoms with E-state index in [1.165, 1.54) is 0 Å².